The van der Waals surface area contributed by atoms with E-state index in [-0.39, 0.29) is 35.6 Å². The molecule has 10 heteroatoms. The quantitative estimate of drug-likeness (QED) is 0.348. The van der Waals surface area contributed by atoms with Crippen molar-refractivity contribution in [2.45, 2.75) is 38.1 Å². The molecule has 1 unspecified atom stereocenters. The minimum atomic E-state index is -4.53. The average molecular weight is 560 g/mol. The van der Waals surface area contributed by atoms with Gasteiger partial charge in [-0.05, 0) is 67.8 Å². The minimum absolute atomic E-state index is 0.0436. The summed E-state index contributed by atoms with van der Waals surface area (Å²) >= 11 is 7.02. The van der Waals surface area contributed by atoms with Crippen LogP contribution in [0, 0.1) is 13.8 Å². The van der Waals surface area contributed by atoms with Gasteiger partial charge in [-0.2, -0.15) is 13.2 Å². The van der Waals surface area contributed by atoms with Gasteiger partial charge in [-0.1, -0.05) is 59.3 Å². The molecule has 0 spiro atoms. The van der Waals surface area contributed by atoms with E-state index in [4.69, 9.17) is 11.6 Å². The lowest BCUT2D eigenvalue weighted by Crippen LogP contribution is -2.46. The molecule has 1 aliphatic rings. The molecule has 1 heterocycles. The Morgan fingerprint density at radius 3 is 2.53 bits per heavy atom. The molecule has 0 bridgehead atoms. The van der Waals surface area contributed by atoms with Gasteiger partial charge in [0, 0.05) is 23.7 Å². The van der Waals surface area contributed by atoms with Gasteiger partial charge in [-0.25, -0.2) is 4.99 Å². The SMILES string of the molecule is Cc1ccc(NC(=O)C2CC(=O)N(CCc3ccc(Cl)cc3)C(=Nc3cccc(C(F)(F)F)c3)S2)c(C)c1. The Labute approximate surface area is 228 Å². The van der Waals surface area contributed by atoms with Crippen molar-refractivity contribution < 1.29 is 22.8 Å². The van der Waals surface area contributed by atoms with Crippen LogP contribution in [0.2, 0.25) is 5.02 Å². The lowest BCUT2D eigenvalue weighted by atomic mass is 10.1. The fourth-order valence-electron chi connectivity index (χ4n) is 3.98. The Bertz CT molecular complexity index is 1380. The van der Waals surface area contributed by atoms with Gasteiger partial charge in [0.2, 0.25) is 11.8 Å². The summed E-state index contributed by atoms with van der Waals surface area (Å²) < 4.78 is 39.8. The molecule has 198 valence electrons. The molecule has 1 N–H and O–H groups in total. The fourth-order valence-corrected chi connectivity index (χ4v) is 5.23. The van der Waals surface area contributed by atoms with Crippen molar-refractivity contribution in [2.75, 3.05) is 11.9 Å². The maximum absolute atomic E-state index is 13.3. The Balaban J connectivity index is 1.61. The third-order valence-corrected chi connectivity index (χ3v) is 7.45. The number of benzene rings is 3. The number of amidine groups is 1. The van der Waals surface area contributed by atoms with Crippen LogP contribution in [0.4, 0.5) is 24.5 Å². The summed E-state index contributed by atoms with van der Waals surface area (Å²) in [6.07, 6.45) is -4.12. The third kappa shape index (κ3) is 6.96. The number of rotatable bonds is 6. The Hall–Kier alpha value is -3.30. The van der Waals surface area contributed by atoms with Gasteiger partial charge in [0.25, 0.3) is 0 Å². The lowest BCUT2D eigenvalue weighted by Gasteiger charge is -2.32. The number of nitrogens with zero attached hydrogens (tertiary/aromatic N) is 2. The summed E-state index contributed by atoms with van der Waals surface area (Å²) in [5, 5.41) is 2.84. The second kappa shape index (κ2) is 11.6. The Morgan fingerprint density at radius 2 is 1.84 bits per heavy atom. The van der Waals surface area contributed by atoms with Gasteiger partial charge in [0.1, 0.15) is 5.25 Å². The molecule has 0 aromatic heterocycles. The van der Waals surface area contributed by atoms with E-state index in [1.54, 1.807) is 18.2 Å². The van der Waals surface area contributed by atoms with Crippen LogP contribution in [0.3, 0.4) is 0 Å². The number of aryl methyl sites for hydroxylation is 2. The van der Waals surface area contributed by atoms with Crippen LogP contribution < -0.4 is 5.32 Å². The van der Waals surface area contributed by atoms with E-state index in [1.807, 2.05) is 38.1 Å². The number of carbonyl (C=O) groups is 2. The van der Waals surface area contributed by atoms with Gasteiger partial charge in [0.15, 0.2) is 5.17 Å². The van der Waals surface area contributed by atoms with Gasteiger partial charge in [0.05, 0.1) is 11.3 Å². The molecule has 2 amide bonds. The average Bonchev–Trinajstić information content (AvgIpc) is 2.86. The maximum Gasteiger partial charge on any atom is 0.416 e. The molecule has 4 rings (SSSR count). The van der Waals surface area contributed by atoms with E-state index in [0.717, 1.165) is 40.6 Å². The molecule has 3 aromatic carbocycles. The molecule has 0 aliphatic carbocycles. The number of amides is 2. The van der Waals surface area contributed by atoms with Gasteiger partial charge in [-0.15, -0.1) is 0 Å². The van der Waals surface area contributed by atoms with E-state index in [1.165, 1.54) is 17.0 Å². The Kier molecular flexibility index (Phi) is 8.47. The normalized spacial score (nSPS) is 17.1. The molecule has 5 nitrogen and oxygen atoms in total. The summed E-state index contributed by atoms with van der Waals surface area (Å²) in [5.41, 5.74) is 2.70. The smallest absolute Gasteiger partial charge is 0.325 e. The highest BCUT2D eigenvalue weighted by atomic mass is 35.5. The van der Waals surface area contributed by atoms with E-state index >= 15 is 0 Å². The molecule has 1 saturated heterocycles. The summed E-state index contributed by atoms with van der Waals surface area (Å²) in [5.74, 6) is -0.700. The first-order chi connectivity index (χ1) is 18.0. The topological polar surface area (TPSA) is 61.8 Å². The highest BCUT2D eigenvalue weighted by Gasteiger charge is 2.36. The summed E-state index contributed by atoms with van der Waals surface area (Å²) in [6.45, 7) is 4.07. The van der Waals surface area contributed by atoms with Crippen LogP contribution >= 0.6 is 23.4 Å². The van der Waals surface area contributed by atoms with E-state index in [2.05, 4.69) is 10.3 Å². The number of alkyl halides is 3. The van der Waals surface area contributed by atoms with Crippen molar-refractivity contribution in [2.24, 2.45) is 4.99 Å². The molecule has 1 fully saturated rings. The highest BCUT2D eigenvalue weighted by Crippen LogP contribution is 2.34. The number of carbonyl (C=O) groups excluding carboxylic acids is 2. The number of halogens is 4. The first-order valence-corrected chi connectivity index (χ1v) is 13.1. The van der Waals surface area contributed by atoms with Crippen molar-refractivity contribution in [1.29, 1.82) is 0 Å². The molecular weight excluding hydrogens is 535 g/mol. The van der Waals surface area contributed by atoms with Crippen LogP contribution in [-0.4, -0.2) is 33.7 Å². The van der Waals surface area contributed by atoms with E-state index in [9.17, 15) is 22.8 Å². The molecule has 3 aromatic rings. The van der Waals surface area contributed by atoms with Crippen molar-refractivity contribution in [1.82, 2.24) is 4.90 Å². The molecule has 1 atom stereocenters. The van der Waals surface area contributed by atoms with E-state index in [0.29, 0.717) is 17.1 Å². The van der Waals surface area contributed by atoms with Crippen LogP contribution in [0.1, 0.15) is 28.7 Å². The number of aliphatic imine (C=N–C) groups is 1. The highest BCUT2D eigenvalue weighted by molar-refractivity contribution is 8.15. The second-order valence-corrected chi connectivity index (χ2v) is 10.6. The van der Waals surface area contributed by atoms with Gasteiger partial charge >= 0.3 is 6.18 Å². The number of anilines is 1. The second-order valence-electron chi connectivity index (χ2n) is 8.98. The molecular formula is C28H25ClF3N3O2S. The number of thioether (sulfide) groups is 1. The van der Waals surface area contributed by atoms with Crippen LogP contribution in [0.5, 0.6) is 0 Å². The molecule has 38 heavy (non-hydrogen) atoms. The fraction of sp³-hybridized carbons (Fsp3) is 0.250. The standard InChI is InChI=1S/C28H25ClF3N3O2S/c1-17-6-11-23(18(2)14-17)34-26(37)24-16-25(36)35(13-12-19-7-9-21(29)10-8-19)27(38-24)33-22-5-3-4-20(15-22)28(30,31)32/h3-11,14-15,24H,12-13,16H2,1-2H3,(H,34,37). The molecule has 0 saturated carbocycles. The van der Waals surface area contributed by atoms with Crippen molar-refractivity contribution in [3.8, 4) is 0 Å². The summed E-state index contributed by atoms with van der Waals surface area (Å²) in [4.78, 5) is 32.2. The zero-order chi connectivity index (χ0) is 27.4. The number of hydrogen-bond acceptors (Lipinski definition) is 4. The van der Waals surface area contributed by atoms with E-state index < -0.39 is 17.0 Å². The summed E-state index contributed by atoms with van der Waals surface area (Å²) in [7, 11) is 0. The monoisotopic (exact) mass is 559 g/mol. The first-order valence-electron chi connectivity index (χ1n) is 11.8. The lowest BCUT2D eigenvalue weighted by molar-refractivity contribution is -0.137. The Morgan fingerprint density at radius 1 is 1.11 bits per heavy atom. The third-order valence-electron chi connectivity index (χ3n) is 6.01. The largest absolute Gasteiger partial charge is 0.416 e. The minimum Gasteiger partial charge on any atom is -0.325 e. The maximum atomic E-state index is 13.3. The predicted octanol–water partition coefficient (Wildman–Crippen LogP) is 7.18. The van der Waals surface area contributed by atoms with Crippen molar-refractivity contribution in [3.63, 3.8) is 0 Å². The number of hydrogen-bond donors (Lipinski definition) is 1. The first kappa shape index (κ1) is 27.7. The van der Waals surface area contributed by atoms with Crippen molar-refractivity contribution >= 4 is 51.7 Å². The van der Waals surface area contributed by atoms with Gasteiger partial charge in [-0.3, -0.25) is 14.5 Å². The van der Waals surface area contributed by atoms with Crippen LogP contribution in [-0.2, 0) is 22.2 Å². The zero-order valence-electron chi connectivity index (χ0n) is 20.7. The molecule has 1 aliphatic heterocycles. The summed E-state index contributed by atoms with van der Waals surface area (Å²) in [6, 6.07) is 17.4. The molecule has 0 radical (unpaired) electrons. The zero-order valence-corrected chi connectivity index (χ0v) is 22.3. The van der Waals surface area contributed by atoms with Crippen LogP contribution in [0.15, 0.2) is 71.7 Å². The van der Waals surface area contributed by atoms with Crippen LogP contribution in [0.25, 0.3) is 0 Å². The van der Waals surface area contributed by atoms with Gasteiger partial charge < -0.3 is 5.32 Å². The van der Waals surface area contributed by atoms with Crippen molar-refractivity contribution in [3.05, 3.63) is 94.0 Å². The number of nitrogens with one attached hydrogen (secondary N) is 1. The predicted molar refractivity (Wildman–Crippen MR) is 146 cm³/mol.